The molecule has 0 fully saturated rings. The first-order valence-electron chi connectivity index (χ1n) is 8.34. The van der Waals surface area contributed by atoms with E-state index in [1.807, 2.05) is 31.3 Å². The number of hydrogen-bond donors (Lipinski definition) is 0. The molecule has 0 aliphatic carbocycles. The van der Waals surface area contributed by atoms with Gasteiger partial charge in [-0.05, 0) is 32.0 Å². The zero-order valence-electron chi connectivity index (χ0n) is 15.0. The molecule has 1 unspecified atom stereocenters. The lowest BCUT2D eigenvalue weighted by Crippen LogP contribution is -2.29. The summed E-state index contributed by atoms with van der Waals surface area (Å²) in [6.45, 7) is 5.90. The molecule has 0 radical (unpaired) electrons. The van der Waals surface area contributed by atoms with Crippen LogP contribution in [0.25, 0.3) is 11.3 Å². The second-order valence-electron chi connectivity index (χ2n) is 6.02. The van der Waals surface area contributed by atoms with Gasteiger partial charge in [0.15, 0.2) is 16.7 Å². The number of nitrogens with zero attached hydrogens (tertiary/aromatic N) is 3. The topological polar surface area (TPSA) is 56.6 Å². The number of hydrogen-bond acceptors (Lipinski definition) is 5. The van der Waals surface area contributed by atoms with Crippen LogP contribution in [0.15, 0.2) is 29.6 Å². The highest BCUT2D eigenvalue weighted by atomic mass is 32.2. The normalized spacial score (nSPS) is 14.2. The highest BCUT2D eigenvalue weighted by Crippen LogP contribution is 2.36. The highest BCUT2D eigenvalue weighted by Gasteiger charge is 2.21. The largest absolute Gasteiger partial charge is 0.486 e. The molecule has 1 aromatic heterocycles. The van der Waals surface area contributed by atoms with Crippen LogP contribution in [0.3, 0.4) is 0 Å². The third-order valence-corrected chi connectivity index (χ3v) is 5.14. The van der Waals surface area contributed by atoms with Crippen molar-refractivity contribution in [3.05, 3.63) is 24.4 Å². The monoisotopic (exact) mass is 361 g/mol. The lowest BCUT2D eigenvalue weighted by Gasteiger charge is -2.19. The van der Waals surface area contributed by atoms with E-state index >= 15 is 0 Å². The van der Waals surface area contributed by atoms with E-state index in [4.69, 9.17) is 9.47 Å². The molecule has 0 bridgehead atoms. The zero-order valence-corrected chi connectivity index (χ0v) is 15.8. The van der Waals surface area contributed by atoms with Crippen molar-refractivity contribution >= 4 is 17.7 Å². The lowest BCUT2D eigenvalue weighted by molar-refractivity contribution is -0.127. The molecule has 1 amide bonds. The van der Waals surface area contributed by atoms with Crippen LogP contribution < -0.4 is 9.47 Å². The minimum absolute atomic E-state index is 0.0801. The van der Waals surface area contributed by atoms with Crippen molar-refractivity contribution in [3.8, 4) is 22.8 Å². The predicted molar refractivity (Wildman–Crippen MR) is 98.3 cm³/mol. The molecular weight excluding hydrogens is 338 g/mol. The first-order valence-corrected chi connectivity index (χ1v) is 9.22. The van der Waals surface area contributed by atoms with Gasteiger partial charge in [-0.2, -0.15) is 0 Å². The molecule has 1 aromatic carbocycles. The molecule has 6 nitrogen and oxygen atoms in total. The SMILES string of the molecule is CCn1c(-c2ccc3c(c2)OCCO3)cnc1SC(C)C(=O)N(C)C. The Labute approximate surface area is 152 Å². The van der Waals surface area contributed by atoms with Crippen LogP contribution in [0.1, 0.15) is 13.8 Å². The van der Waals surface area contributed by atoms with Crippen LogP contribution in [-0.4, -0.2) is 52.9 Å². The number of imidazole rings is 1. The molecular formula is C18H23N3O3S. The number of ether oxygens (including phenoxy) is 2. The summed E-state index contributed by atoms with van der Waals surface area (Å²) in [7, 11) is 3.54. The molecule has 3 rings (SSSR count). The minimum Gasteiger partial charge on any atom is -0.486 e. The Morgan fingerprint density at radius 3 is 2.72 bits per heavy atom. The maximum absolute atomic E-state index is 12.1. The van der Waals surface area contributed by atoms with E-state index < -0.39 is 0 Å². The van der Waals surface area contributed by atoms with E-state index in [1.165, 1.54) is 11.8 Å². The minimum atomic E-state index is -0.184. The van der Waals surface area contributed by atoms with Crippen molar-refractivity contribution in [1.82, 2.24) is 14.5 Å². The summed E-state index contributed by atoms with van der Waals surface area (Å²) in [4.78, 5) is 18.3. The molecule has 0 spiro atoms. The maximum Gasteiger partial charge on any atom is 0.235 e. The van der Waals surface area contributed by atoms with Crippen LogP contribution >= 0.6 is 11.8 Å². The van der Waals surface area contributed by atoms with Gasteiger partial charge in [0.1, 0.15) is 13.2 Å². The second kappa shape index (κ2) is 7.39. The van der Waals surface area contributed by atoms with Crippen molar-refractivity contribution in [2.45, 2.75) is 30.8 Å². The molecule has 2 heterocycles. The van der Waals surface area contributed by atoms with E-state index in [0.29, 0.717) is 13.2 Å². The highest BCUT2D eigenvalue weighted by molar-refractivity contribution is 8.00. The van der Waals surface area contributed by atoms with Gasteiger partial charge < -0.3 is 18.9 Å². The van der Waals surface area contributed by atoms with Crippen LogP contribution in [0.2, 0.25) is 0 Å². The number of rotatable bonds is 5. The Morgan fingerprint density at radius 1 is 1.32 bits per heavy atom. The third-order valence-electron chi connectivity index (χ3n) is 4.04. The number of fused-ring (bicyclic) bond motifs is 1. The summed E-state index contributed by atoms with van der Waals surface area (Å²) in [6.07, 6.45) is 1.85. The van der Waals surface area contributed by atoms with E-state index in [0.717, 1.165) is 34.5 Å². The van der Waals surface area contributed by atoms with E-state index in [1.54, 1.807) is 19.0 Å². The fraction of sp³-hybridized carbons (Fsp3) is 0.444. The van der Waals surface area contributed by atoms with Crippen molar-refractivity contribution in [2.75, 3.05) is 27.3 Å². The summed E-state index contributed by atoms with van der Waals surface area (Å²) in [5.41, 5.74) is 2.03. The number of benzene rings is 1. The molecule has 0 N–H and O–H groups in total. The van der Waals surface area contributed by atoms with Crippen LogP contribution in [-0.2, 0) is 11.3 Å². The van der Waals surface area contributed by atoms with E-state index in [-0.39, 0.29) is 11.2 Å². The fourth-order valence-electron chi connectivity index (χ4n) is 2.76. The predicted octanol–water partition coefficient (Wildman–Crippen LogP) is 2.91. The van der Waals surface area contributed by atoms with Crippen molar-refractivity contribution in [1.29, 1.82) is 0 Å². The zero-order chi connectivity index (χ0) is 18.0. The van der Waals surface area contributed by atoms with Crippen molar-refractivity contribution in [2.24, 2.45) is 0 Å². The molecule has 134 valence electrons. The van der Waals surface area contributed by atoms with Crippen LogP contribution in [0, 0.1) is 0 Å². The summed E-state index contributed by atoms with van der Waals surface area (Å²) in [5.74, 6) is 1.62. The van der Waals surface area contributed by atoms with Gasteiger partial charge in [0, 0.05) is 26.2 Å². The maximum atomic E-state index is 12.1. The van der Waals surface area contributed by atoms with Gasteiger partial charge in [-0.3, -0.25) is 4.79 Å². The molecule has 25 heavy (non-hydrogen) atoms. The molecule has 1 aliphatic rings. The van der Waals surface area contributed by atoms with Gasteiger partial charge in [0.2, 0.25) is 5.91 Å². The Balaban J connectivity index is 1.88. The van der Waals surface area contributed by atoms with Gasteiger partial charge >= 0.3 is 0 Å². The average molecular weight is 361 g/mol. The first-order chi connectivity index (χ1) is 12.0. The van der Waals surface area contributed by atoms with Gasteiger partial charge in [-0.25, -0.2) is 4.98 Å². The Morgan fingerprint density at radius 2 is 2.04 bits per heavy atom. The van der Waals surface area contributed by atoms with E-state index in [9.17, 15) is 4.79 Å². The molecule has 1 atom stereocenters. The molecule has 2 aromatic rings. The quantitative estimate of drug-likeness (QED) is 0.767. The lowest BCUT2D eigenvalue weighted by atomic mass is 10.1. The fourth-order valence-corrected chi connectivity index (χ4v) is 3.86. The Hall–Kier alpha value is -2.15. The third kappa shape index (κ3) is 3.61. The summed E-state index contributed by atoms with van der Waals surface area (Å²) in [5, 5.41) is 0.658. The number of aromatic nitrogens is 2. The molecule has 0 saturated heterocycles. The van der Waals surface area contributed by atoms with Gasteiger partial charge in [-0.15, -0.1) is 0 Å². The number of amides is 1. The van der Waals surface area contributed by atoms with Gasteiger partial charge in [0.25, 0.3) is 0 Å². The van der Waals surface area contributed by atoms with E-state index in [2.05, 4.69) is 16.5 Å². The second-order valence-corrected chi connectivity index (χ2v) is 7.33. The average Bonchev–Trinajstić information content (AvgIpc) is 3.02. The van der Waals surface area contributed by atoms with Crippen molar-refractivity contribution < 1.29 is 14.3 Å². The van der Waals surface area contributed by atoms with Crippen LogP contribution in [0.5, 0.6) is 11.5 Å². The molecule has 0 saturated carbocycles. The summed E-state index contributed by atoms with van der Waals surface area (Å²) >= 11 is 1.48. The molecule has 7 heteroatoms. The first kappa shape index (κ1) is 17.7. The van der Waals surface area contributed by atoms with Crippen molar-refractivity contribution in [3.63, 3.8) is 0 Å². The summed E-state index contributed by atoms with van der Waals surface area (Å²) in [6, 6.07) is 5.93. The summed E-state index contributed by atoms with van der Waals surface area (Å²) < 4.78 is 13.4. The number of carbonyl (C=O) groups excluding carboxylic acids is 1. The Bertz CT molecular complexity index is 773. The molecule has 1 aliphatic heterocycles. The smallest absolute Gasteiger partial charge is 0.235 e. The standard InChI is InChI=1S/C18H23N3O3S/c1-5-21-14(11-19-18(21)25-12(2)17(22)20(3)4)13-6-7-15-16(10-13)24-9-8-23-15/h6-7,10-12H,5,8-9H2,1-4H3. The number of thioether (sulfide) groups is 1. The Kier molecular flexibility index (Phi) is 5.22. The van der Waals surface area contributed by atoms with Crippen LogP contribution in [0.4, 0.5) is 0 Å². The van der Waals surface area contributed by atoms with Gasteiger partial charge in [-0.1, -0.05) is 11.8 Å². The van der Waals surface area contributed by atoms with Gasteiger partial charge in [0.05, 0.1) is 17.1 Å². The number of carbonyl (C=O) groups is 1.